The quantitative estimate of drug-likeness (QED) is 0.610. The molecule has 0 aliphatic carbocycles. The van der Waals surface area contributed by atoms with Gasteiger partial charge in [0.1, 0.15) is 5.75 Å². The van der Waals surface area contributed by atoms with Gasteiger partial charge in [-0.2, -0.15) is 0 Å². The molecule has 2 N–H and O–H groups in total. The van der Waals surface area contributed by atoms with Crippen molar-refractivity contribution < 1.29 is 19.1 Å². The number of likely N-dealkylation sites (N-methyl/N-ethyl adjacent to an activating group) is 1. The molecule has 0 aromatic heterocycles. The molecule has 33 heavy (non-hydrogen) atoms. The molecule has 0 radical (unpaired) electrons. The van der Waals surface area contributed by atoms with Gasteiger partial charge in [-0.05, 0) is 55.2 Å². The van der Waals surface area contributed by atoms with Crippen molar-refractivity contribution in [2.45, 2.75) is 26.3 Å². The van der Waals surface area contributed by atoms with Crippen LogP contribution in [0.2, 0.25) is 0 Å². The minimum atomic E-state index is -0.178. The molecule has 2 aromatic carbocycles. The molecule has 176 valence electrons. The van der Waals surface area contributed by atoms with Crippen LogP contribution in [-0.4, -0.2) is 67.9 Å². The van der Waals surface area contributed by atoms with E-state index < -0.39 is 0 Å². The van der Waals surface area contributed by atoms with E-state index in [1.807, 2.05) is 54.3 Å². The first kappa shape index (κ1) is 24.1. The van der Waals surface area contributed by atoms with E-state index in [-0.39, 0.29) is 30.9 Å². The molecule has 0 unspecified atom stereocenters. The van der Waals surface area contributed by atoms with Crippen molar-refractivity contribution in [3.05, 3.63) is 59.2 Å². The highest BCUT2D eigenvalue weighted by molar-refractivity contribution is 5.94. The summed E-state index contributed by atoms with van der Waals surface area (Å²) < 4.78 is 5.65. The molecule has 0 atom stereocenters. The van der Waals surface area contributed by atoms with E-state index in [1.54, 1.807) is 14.1 Å². The molecule has 3 rings (SSSR count). The highest BCUT2D eigenvalue weighted by atomic mass is 16.5. The van der Waals surface area contributed by atoms with Crippen LogP contribution in [0.25, 0.3) is 0 Å². The van der Waals surface area contributed by atoms with Gasteiger partial charge in [-0.25, -0.2) is 0 Å². The van der Waals surface area contributed by atoms with Crippen LogP contribution in [0.15, 0.2) is 42.5 Å². The normalized spacial score (nSPS) is 12.9. The maximum Gasteiger partial charge on any atom is 0.259 e. The third kappa shape index (κ3) is 6.97. The van der Waals surface area contributed by atoms with E-state index in [0.29, 0.717) is 23.5 Å². The number of nitrogens with zero attached hydrogens (tertiary/aromatic N) is 2. The molecule has 3 amide bonds. The van der Waals surface area contributed by atoms with Crippen molar-refractivity contribution in [1.29, 1.82) is 0 Å². The predicted octanol–water partition coefficient (Wildman–Crippen LogP) is 2.43. The molecule has 1 heterocycles. The van der Waals surface area contributed by atoms with E-state index in [4.69, 9.17) is 4.74 Å². The molecule has 8 nitrogen and oxygen atoms in total. The average molecular weight is 453 g/mol. The van der Waals surface area contributed by atoms with E-state index in [1.165, 1.54) is 4.90 Å². The lowest BCUT2D eigenvalue weighted by atomic mass is 10.1. The Morgan fingerprint density at radius 2 is 1.73 bits per heavy atom. The lowest BCUT2D eigenvalue weighted by molar-refractivity contribution is -0.130. The summed E-state index contributed by atoms with van der Waals surface area (Å²) in [6, 6.07) is 12.9. The lowest BCUT2D eigenvalue weighted by Gasteiger charge is -2.16. The van der Waals surface area contributed by atoms with E-state index >= 15 is 0 Å². The zero-order valence-electron chi connectivity index (χ0n) is 19.5. The summed E-state index contributed by atoms with van der Waals surface area (Å²) >= 11 is 0. The molecule has 1 saturated heterocycles. The SMILES string of the molecule is Cc1ccc(NCC(=O)NCc2ccc(C(=O)N3CCCC3)cc2)c(OCC(=O)N(C)C)c1. The topological polar surface area (TPSA) is 91.0 Å². The molecule has 8 heteroatoms. The second-order valence-corrected chi connectivity index (χ2v) is 8.40. The Hall–Kier alpha value is -3.55. The average Bonchev–Trinajstić information content (AvgIpc) is 3.35. The molecule has 0 spiro atoms. The number of ether oxygens (including phenoxy) is 1. The van der Waals surface area contributed by atoms with Crippen LogP contribution >= 0.6 is 0 Å². The number of anilines is 1. The first-order valence-corrected chi connectivity index (χ1v) is 11.2. The number of likely N-dealkylation sites (tertiary alicyclic amines) is 1. The fourth-order valence-electron chi connectivity index (χ4n) is 3.47. The van der Waals surface area contributed by atoms with Gasteiger partial charge in [-0.3, -0.25) is 14.4 Å². The summed E-state index contributed by atoms with van der Waals surface area (Å²) in [5.74, 6) is 0.267. The number of benzene rings is 2. The van der Waals surface area contributed by atoms with Crippen molar-refractivity contribution in [3.63, 3.8) is 0 Å². The standard InChI is InChI=1S/C25H32N4O4/c1-18-6-11-21(22(14-18)33-17-24(31)28(2)3)26-16-23(30)27-15-19-7-9-20(10-8-19)25(32)29-12-4-5-13-29/h6-11,14,26H,4-5,12-13,15-17H2,1-3H3,(H,27,30). The van der Waals surface area contributed by atoms with Crippen molar-refractivity contribution in [2.24, 2.45) is 0 Å². The summed E-state index contributed by atoms with van der Waals surface area (Å²) in [7, 11) is 3.34. The van der Waals surface area contributed by atoms with Gasteiger partial charge < -0.3 is 25.2 Å². The highest BCUT2D eigenvalue weighted by Gasteiger charge is 2.19. The molecule has 2 aromatic rings. The van der Waals surface area contributed by atoms with Gasteiger partial charge in [-0.1, -0.05) is 18.2 Å². The molecule has 0 bridgehead atoms. The fourth-order valence-corrected chi connectivity index (χ4v) is 3.47. The number of hydrogen-bond acceptors (Lipinski definition) is 5. The summed E-state index contributed by atoms with van der Waals surface area (Å²) in [5, 5.41) is 5.94. The van der Waals surface area contributed by atoms with E-state index in [0.717, 1.165) is 37.1 Å². The maximum atomic E-state index is 12.4. The number of aryl methyl sites for hydroxylation is 1. The van der Waals surface area contributed by atoms with Crippen LogP contribution in [0, 0.1) is 6.92 Å². The van der Waals surface area contributed by atoms with Crippen molar-refractivity contribution in [3.8, 4) is 5.75 Å². The van der Waals surface area contributed by atoms with Gasteiger partial charge in [0.05, 0.1) is 12.2 Å². The molecule has 1 fully saturated rings. The van der Waals surface area contributed by atoms with Gasteiger partial charge in [0.15, 0.2) is 6.61 Å². The summed E-state index contributed by atoms with van der Waals surface area (Å²) in [5.41, 5.74) is 3.23. The van der Waals surface area contributed by atoms with E-state index in [2.05, 4.69) is 10.6 Å². The minimum Gasteiger partial charge on any atom is -0.482 e. The Balaban J connectivity index is 1.48. The smallest absolute Gasteiger partial charge is 0.259 e. The monoisotopic (exact) mass is 452 g/mol. The number of hydrogen-bond donors (Lipinski definition) is 2. The summed E-state index contributed by atoms with van der Waals surface area (Å²) in [6.45, 7) is 3.93. The largest absolute Gasteiger partial charge is 0.482 e. The third-order valence-electron chi connectivity index (χ3n) is 5.51. The summed E-state index contributed by atoms with van der Waals surface area (Å²) in [6.07, 6.45) is 2.13. The predicted molar refractivity (Wildman–Crippen MR) is 127 cm³/mol. The first-order chi connectivity index (χ1) is 15.8. The van der Waals surface area contributed by atoms with Gasteiger partial charge in [0.2, 0.25) is 5.91 Å². The van der Waals surface area contributed by atoms with Crippen LogP contribution in [0.3, 0.4) is 0 Å². The van der Waals surface area contributed by atoms with Gasteiger partial charge in [-0.15, -0.1) is 0 Å². The number of carbonyl (C=O) groups is 3. The first-order valence-electron chi connectivity index (χ1n) is 11.2. The Bertz CT molecular complexity index is 982. The number of rotatable bonds is 9. The van der Waals surface area contributed by atoms with Crippen LogP contribution in [0.4, 0.5) is 5.69 Å². The number of nitrogens with one attached hydrogen (secondary N) is 2. The van der Waals surface area contributed by atoms with Crippen molar-refractivity contribution >= 4 is 23.4 Å². The fraction of sp³-hybridized carbons (Fsp3) is 0.400. The number of amides is 3. The van der Waals surface area contributed by atoms with Gasteiger partial charge >= 0.3 is 0 Å². The van der Waals surface area contributed by atoms with Crippen LogP contribution < -0.4 is 15.4 Å². The van der Waals surface area contributed by atoms with Crippen molar-refractivity contribution in [2.75, 3.05) is 45.7 Å². The lowest BCUT2D eigenvalue weighted by Crippen LogP contribution is -2.30. The highest BCUT2D eigenvalue weighted by Crippen LogP contribution is 2.25. The second kappa shape index (κ2) is 11.4. The number of carbonyl (C=O) groups excluding carboxylic acids is 3. The molecular weight excluding hydrogens is 420 g/mol. The third-order valence-corrected chi connectivity index (χ3v) is 5.51. The van der Waals surface area contributed by atoms with Crippen LogP contribution in [-0.2, 0) is 16.1 Å². The van der Waals surface area contributed by atoms with Gasteiger partial charge in [0, 0.05) is 39.3 Å². The Kier molecular flexibility index (Phi) is 8.29. The Labute approximate surface area is 194 Å². The molecule has 0 saturated carbocycles. The van der Waals surface area contributed by atoms with Crippen LogP contribution in [0.1, 0.15) is 34.3 Å². The molecular formula is C25H32N4O4. The van der Waals surface area contributed by atoms with Crippen LogP contribution in [0.5, 0.6) is 5.75 Å². The zero-order chi connectivity index (χ0) is 23.8. The summed E-state index contributed by atoms with van der Waals surface area (Å²) in [4.78, 5) is 39.9. The minimum absolute atomic E-state index is 0.0621. The molecule has 1 aliphatic rings. The van der Waals surface area contributed by atoms with Gasteiger partial charge in [0.25, 0.3) is 11.8 Å². The van der Waals surface area contributed by atoms with Crippen molar-refractivity contribution in [1.82, 2.24) is 15.1 Å². The zero-order valence-corrected chi connectivity index (χ0v) is 19.5. The molecule has 1 aliphatic heterocycles. The Morgan fingerprint density at radius 3 is 2.39 bits per heavy atom. The maximum absolute atomic E-state index is 12.4. The second-order valence-electron chi connectivity index (χ2n) is 8.40. The Morgan fingerprint density at radius 1 is 1.03 bits per heavy atom. The van der Waals surface area contributed by atoms with E-state index in [9.17, 15) is 14.4 Å².